The molecule has 2 amide bonds. The maximum atomic E-state index is 12.0. The number of H-pyrrole nitrogens is 1. The fourth-order valence-corrected chi connectivity index (χ4v) is 4.38. The van der Waals surface area contributed by atoms with Crippen molar-refractivity contribution in [2.75, 3.05) is 5.75 Å². The van der Waals surface area contributed by atoms with E-state index in [0.717, 1.165) is 25.3 Å². The lowest BCUT2D eigenvalue weighted by Crippen LogP contribution is -2.42. The Bertz CT molecular complexity index is 953. The smallest absolute Gasteiger partial charge is 0.286 e. The van der Waals surface area contributed by atoms with E-state index < -0.39 is 5.91 Å². The molecule has 0 radical (unpaired) electrons. The first-order valence-corrected chi connectivity index (χ1v) is 9.82. The van der Waals surface area contributed by atoms with E-state index in [1.165, 1.54) is 23.0 Å². The zero-order valence-corrected chi connectivity index (χ0v) is 16.6. The maximum Gasteiger partial charge on any atom is 0.286 e. The van der Waals surface area contributed by atoms with E-state index in [9.17, 15) is 9.59 Å². The Morgan fingerprint density at radius 1 is 1.32 bits per heavy atom. The first-order valence-electron chi connectivity index (χ1n) is 7.22. The molecule has 3 aromatic heterocycles. The number of aromatic nitrogens is 3. The molecule has 0 spiro atoms. The summed E-state index contributed by atoms with van der Waals surface area (Å²) < 4.78 is 0.758. The van der Waals surface area contributed by atoms with Gasteiger partial charge in [0.25, 0.3) is 5.91 Å². The van der Waals surface area contributed by atoms with Gasteiger partial charge in [0.15, 0.2) is 0 Å². The number of hydrazine groups is 1. The van der Waals surface area contributed by atoms with Crippen molar-refractivity contribution in [3.05, 3.63) is 39.2 Å². The van der Waals surface area contributed by atoms with E-state index in [1.54, 1.807) is 23.6 Å². The van der Waals surface area contributed by atoms with Gasteiger partial charge in [-0.2, -0.15) is 0 Å². The minimum Gasteiger partial charge on any atom is -0.356 e. The van der Waals surface area contributed by atoms with E-state index >= 15 is 0 Å². The van der Waals surface area contributed by atoms with Gasteiger partial charge in [-0.25, -0.2) is 9.97 Å². The van der Waals surface area contributed by atoms with Crippen LogP contribution in [0, 0.1) is 13.8 Å². The predicted octanol–water partition coefficient (Wildman–Crippen LogP) is 2.95. The topological polar surface area (TPSA) is 99.8 Å². The van der Waals surface area contributed by atoms with Crippen LogP contribution in [-0.4, -0.2) is 32.5 Å². The Labute approximate surface area is 160 Å². The number of hydrogen-bond donors (Lipinski definition) is 3. The molecule has 3 heterocycles. The number of aryl methyl sites for hydroxylation is 2. The second-order valence-electron chi connectivity index (χ2n) is 5.16. The Kier molecular flexibility index (Phi) is 5.40. The summed E-state index contributed by atoms with van der Waals surface area (Å²) in [6.07, 6.45) is 3.14. The highest BCUT2D eigenvalue weighted by atomic mass is 79.9. The van der Waals surface area contributed by atoms with Crippen LogP contribution in [-0.2, 0) is 4.79 Å². The van der Waals surface area contributed by atoms with Gasteiger partial charge < -0.3 is 4.98 Å². The van der Waals surface area contributed by atoms with Gasteiger partial charge in [0, 0.05) is 20.9 Å². The van der Waals surface area contributed by atoms with E-state index in [2.05, 4.69) is 41.7 Å². The van der Waals surface area contributed by atoms with Crippen LogP contribution in [0.2, 0.25) is 0 Å². The van der Waals surface area contributed by atoms with Gasteiger partial charge in [-0.3, -0.25) is 20.4 Å². The van der Waals surface area contributed by atoms with Crippen molar-refractivity contribution in [3.63, 3.8) is 0 Å². The normalized spacial score (nSPS) is 10.8. The van der Waals surface area contributed by atoms with Crippen LogP contribution >= 0.6 is 39.0 Å². The molecule has 0 aliphatic carbocycles. The molecule has 0 saturated carbocycles. The van der Waals surface area contributed by atoms with Crippen LogP contribution in [0.1, 0.15) is 20.9 Å². The molecule has 0 atom stereocenters. The SMILES string of the molecule is Cc1sc2ncnc(SCC(=O)NNC(=O)c3cc(Br)c[nH]3)c2c1C. The first kappa shape index (κ1) is 17.9. The predicted molar refractivity (Wildman–Crippen MR) is 102 cm³/mol. The van der Waals surface area contributed by atoms with E-state index in [1.807, 2.05) is 13.8 Å². The largest absolute Gasteiger partial charge is 0.356 e. The molecule has 3 rings (SSSR count). The van der Waals surface area contributed by atoms with Crippen molar-refractivity contribution in [2.45, 2.75) is 18.9 Å². The second-order valence-corrected chi connectivity index (χ2v) is 8.25. The number of carbonyl (C=O) groups excluding carboxylic acids is 2. The number of halogens is 1. The fourth-order valence-electron chi connectivity index (χ4n) is 2.12. The summed E-state index contributed by atoms with van der Waals surface area (Å²) in [5.41, 5.74) is 6.24. The molecule has 0 bridgehead atoms. The van der Waals surface area contributed by atoms with Crippen molar-refractivity contribution in [2.24, 2.45) is 0 Å². The molecule has 130 valence electrons. The zero-order chi connectivity index (χ0) is 18.0. The van der Waals surface area contributed by atoms with Gasteiger partial charge in [-0.1, -0.05) is 11.8 Å². The lowest BCUT2D eigenvalue weighted by molar-refractivity contribution is -0.119. The average Bonchev–Trinajstić information content (AvgIpc) is 3.15. The number of hydrogen-bond acceptors (Lipinski definition) is 6. The molecule has 10 heteroatoms. The molecule has 25 heavy (non-hydrogen) atoms. The number of thioether (sulfide) groups is 1. The van der Waals surface area contributed by atoms with Crippen LogP contribution in [0.25, 0.3) is 10.2 Å². The molecular formula is C15H14BrN5O2S2. The maximum absolute atomic E-state index is 12.0. The number of amides is 2. The minimum atomic E-state index is -0.419. The van der Waals surface area contributed by atoms with Crippen LogP contribution in [0.3, 0.4) is 0 Å². The third-order valence-electron chi connectivity index (χ3n) is 3.48. The highest BCUT2D eigenvalue weighted by Crippen LogP contribution is 2.34. The van der Waals surface area contributed by atoms with Gasteiger partial charge in [-0.15, -0.1) is 11.3 Å². The van der Waals surface area contributed by atoms with E-state index in [4.69, 9.17) is 0 Å². The van der Waals surface area contributed by atoms with Crippen molar-refractivity contribution in [1.29, 1.82) is 0 Å². The van der Waals surface area contributed by atoms with E-state index in [-0.39, 0.29) is 11.7 Å². The summed E-state index contributed by atoms with van der Waals surface area (Å²) in [6.45, 7) is 4.06. The molecule has 3 aromatic rings. The summed E-state index contributed by atoms with van der Waals surface area (Å²) in [5.74, 6) is -0.604. The standard InChI is InChI=1S/C15H14BrN5O2S2/c1-7-8(2)25-15-12(7)14(18-6-19-15)24-5-11(22)20-21-13(23)10-3-9(16)4-17-10/h3-4,6,17H,5H2,1-2H3,(H,20,22)(H,21,23). The Hall–Kier alpha value is -1.91. The first-order chi connectivity index (χ1) is 12.0. The summed E-state index contributed by atoms with van der Waals surface area (Å²) in [4.78, 5) is 37.3. The zero-order valence-electron chi connectivity index (χ0n) is 13.3. The Morgan fingerprint density at radius 2 is 2.12 bits per heavy atom. The lowest BCUT2D eigenvalue weighted by Gasteiger charge is -2.06. The third kappa shape index (κ3) is 4.02. The Balaban J connectivity index is 1.58. The molecule has 7 nitrogen and oxygen atoms in total. The van der Waals surface area contributed by atoms with Crippen LogP contribution in [0.4, 0.5) is 0 Å². The van der Waals surface area contributed by atoms with Gasteiger partial charge >= 0.3 is 0 Å². The fraction of sp³-hybridized carbons (Fsp3) is 0.200. The van der Waals surface area contributed by atoms with Gasteiger partial charge in [0.05, 0.1) is 5.75 Å². The monoisotopic (exact) mass is 439 g/mol. The number of nitrogens with zero attached hydrogens (tertiary/aromatic N) is 2. The van der Waals surface area contributed by atoms with Gasteiger partial charge in [-0.05, 0) is 41.4 Å². The third-order valence-corrected chi connectivity index (χ3v) is 6.04. The summed E-state index contributed by atoms with van der Waals surface area (Å²) >= 11 is 6.17. The van der Waals surface area contributed by atoms with Gasteiger partial charge in [0.2, 0.25) is 5.91 Å². The molecule has 3 N–H and O–H groups in total. The number of nitrogens with one attached hydrogen (secondary N) is 3. The molecule has 0 saturated heterocycles. The molecule has 0 fully saturated rings. The number of thiophene rings is 1. The summed E-state index contributed by atoms with van der Waals surface area (Å²) in [6, 6.07) is 1.62. The van der Waals surface area contributed by atoms with Crippen molar-refractivity contribution >= 4 is 61.1 Å². The molecular weight excluding hydrogens is 426 g/mol. The van der Waals surface area contributed by atoms with Crippen molar-refractivity contribution in [3.8, 4) is 0 Å². The molecule has 0 aromatic carbocycles. The quantitative estimate of drug-likeness (QED) is 0.329. The molecule has 0 aliphatic heterocycles. The number of fused-ring (bicyclic) bond motifs is 1. The second kappa shape index (κ2) is 7.54. The van der Waals surface area contributed by atoms with Crippen LogP contribution in [0.5, 0.6) is 0 Å². The molecule has 0 aliphatic rings. The Morgan fingerprint density at radius 3 is 2.84 bits per heavy atom. The number of aromatic amines is 1. The average molecular weight is 440 g/mol. The lowest BCUT2D eigenvalue weighted by atomic mass is 10.2. The van der Waals surface area contributed by atoms with Crippen molar-refractivity contribution < 1.29 is 9.59 Å². The van der Waals surface area contributed by atoms with Gasteiger partial charge in [0.1, 0.15) is 21.9 Å². The van der Waals surface area contributed by atoms with E-state index in [0.29, 0.717) is 5.69 Å². The van der Waals surface area contributed by atoms with Crippen LogP contribution in [0.15, 0.2) is 28.1 Å². The summed E-state index contributed by atoms with van der Waals surface area (Å²) in [7, 11) is 0. The minimum absolute atomic E-state index is 0.134. The molecule has 0 unspecified atom stereocenters. The highest BCUT2D eigenvalue weighted by Gasteiger charge is 2.14. The summed E-state index contributed by atoms with van der Waals surface area (Å²) in [5, 5.41) is 1.75. The van der Waals surface area contributed by atoms with Crippen LogP contribution < -0.4 is 10.9 Å². The van der Waals surface area contributed by atoms with Crippen molar-refractivity contribution in [1.82, 2.24) is 25.8 Å². The highest BCUT2D eigenvalue weighted by molar-refractivity contribution is 9.10. The number of carbonyl (C=O) groups is 2. The number of rotatable bonds is 4.